The van der Waals surface area contributed by atoms with Crippen molar-refractivity contribution in [2.45, 2.75) is 18.6 Å². The van der Waals surface area contributed by atoms with Gasteiger partial charge in [-0.2, -0.15) is 0 Å². The summed E-state index contributed by atoms with van der Waals surface area (Å²) in [5.41, 5.74) is 9.95. The van der Waals surface area contributed by atoms with E-state index in [0.717, 1.165) is 18.6 Å². The number of fused-ring (bicyclic) bond motifs is 3. The van der Waals surface area contributed by atoms with E-state index in [4.69, 9.17) is 5.73 Å². The third-order valence-electron chi connectivity index (χ3n) is 3.55. The quantitative estimate of drug-likeness (QED) is 0.888. The van der Waals surface area contributed by atoms with Crippen LogP contribution in [0.3, 0.4) is 0 Å². The van der Waals surface area contributed by atoms with Gasteiger partial charge in [0.2, 0.25) is 0 Å². The Labute approximate surface area is 118 Å². The third-order valence-corrected chi connectivity index (χ3v) is 4.38. The van der Waals surface area contributed by atoms with Crippen LogP contribution in [0.15, 0.2) is 48.0 Å². The second kappa shape index (κ2) is 5.14. The van der Waals surface area contributed by atoms with Crippen LogP contribution in [0.4, 0.5) is 0 Å². The Morgan fingerprint density at radius 2 is 2.16 bits per heavy atom. The molecule has 0 heterocycles. The topological polar surface area (TPSA) is 26.0 Å². The van der Waals surface area contributed by atoms with Gasteiger partial charge in [0.25, 0.3) is 0 Å². The van der Waals surface area contributed by atoms with Crippen LogP contribution < -0.4 is 5.73 Å². The molecule has 0 saturated carbocycles. The van der Waals surface area contributed by atoms with Crippen molar-refractivity contribution in [1.82, 2.24) is 0 Å². The molecule has 0 fully saturated rings. The molecule has 96 valence electrons. The lowest BCUT2D eigenvalue weighted by Gasteiger charge is -2.18. The van der Waals surface area contributed by atoms with Crippen molar-refractivity contribution in [3.63, 3.8) is 0 Å². The molecule has 2 aromatic carbocycles. The molecule has 0 amide bonds. The summed E-state index contributed by atoms with van der Waals surface area (Å²) in [6.07, 6.45) is 6.80. The van der Waals surface area contributed by atoms with Gasteiger partial charge in [-0.15, -0.1) is 11.8 Å². The second-order valence-corrected chi connectivity index (χ2v) is 5.95. The number of hydrogen-bond donors (Lipinski definition) is 1. The van der Waals surface area contributed by atoms with Crippen LogP contribution in [-0.4, -0.2) is 0 Å². The SMILES string of the molecule is C=C(N)SCc1cc2ccccc2c2c1CCC=C2. The van der Waals surface area contributed by atoms with E-state index in [9.17, 15) is 0 Å². The maximum atomic E-state index is 5.68. The monoisotopic (exact) mass is 267 g/mol. The molecule has 0 aromatic heterocycles. The van der Waals surface area contributed by atoms with Crippen molar-refractivity contribution in [3.8, 4) is 0 Å². The van der Waals surface area contributed by atoms with Crippen LogP contribution in [-0.2, 0) is 12.2 Å². The number of rotatable bonds is 3. The van der Waals surface area contributed by atoms with E-state index < -0.39 is 0 Å². The summed E-state index contributed by atoms with van der Waals surface area (Å²) < 4.78 is 0. The van der Waals surface area contributed by atoms with Crippen molar-refractivity contribution in [1.29, 1.82) is 0 Å². The van der Waals surface area contributed by atoms with Crippen LogP contribution in [0, 0.1) is 0 Å². The predicted molar refractivity (Wildman–Crippen MR) is 85.9 cm³/mol. The van der Waals surface area contributed by atoms with Crippen molar-refractivity contribution in [3.05, 3.63) is 64.7 Å². The first kappa shape index (κ1) is 12.4. The van der Waals surface area contributed by atoms with Crippen LogP contribution >= 0.6 is 11.8 Å². The molecule has 0 spiro atoms. The van der Waals surface area contributed by atoms with Crippen molar-refractivity contribution in [2.24, 2.45) is 5.73 Å². The molecule has 0 atom stereocenters. The molecule has 1 nitrogen and oxygen atoms in total. The van der Waals surface area contributed by atoms with E-state index in [0.29, 0.717) is 5.03 Å². The van der Waals surface area contributed by atoms with E-state index in [-0.39, 0.29) is 0 Å². The molecular formula is C17H17NS. The summed E-state index contributed by atoms with van der Waals surface area (Å²) in [6, 6.07) is 10.9. The van der Waals surface area contributed by atoms with Gasteiger partial charge in [-0.05, 0) is 46.4 Å². The van der Waals surface area contributed by atoms with Gasteiger partial charge in [0.1, 0.15) is 0 Å². The molecule has 1 aliphatic carbocycles. The van der Waals surface area contributed by atoms with Crippen molar-refractivity contribution in [2.75, 3.05) is 0 Å². The Bertz CT molecular complexity index is 670. The minimum Gasteiger partial charge on any atom is -0.394 e. The summed E-state index contributed by atoms with van der Waals surface area (Å²) in [5, 5.41) is 3.35. The van der Waals surface area contributed by atoms with Gasteiger partial charge >= 0.3 is 0 Å². The van der Waals surface area contributed by atoms with Gasteiger partial charge in [-0.1, -0.05) is 43.0 Å². The lowest BCUT2D eigenvalue weighted by Crippen LogP contribution is -2.01. The summed E-state index contributed by atoms with van der Waals surface area (Å²) in [5.74, 6) is 0.913. The van der Waals surface area contributed by atoms with E-state index in [1.165, 1.54) is 27.5 Å². The highest BCUT2D eigenvalue weighted by atomic mass is 32.2. The van der Waals surface area contributed by atoms with Crippen molar-refractivity contribution < 1.29 is 0 Å². The smallest absolute Gasteiger partial charge is 0.0585 e. The van der Waals surface area contributed by atoms with Crippen LogP contribution in [0.25, 0.3) is 16.8 Å². The molecular weight excluding hydrogens is 250 g/mol. The minimum absolute atomic E-state index is 0.688. The Kier molecular flexibility index (Phi) is 3.34. The van der Waals surface area contributed by atoms with Gasteiger partial charge in [0.15, 0.2) is 0 Å². The molecule has 2 N–H and O–H groups in total. The molecule has 0 bridgehead atoms. The number of allylic oxidation sites excluding steroid dienone is 1. The molecule has 2 aromatic rings. The van der Waals surface area contributed by atoms with Crippen LogP contribution in [0.2, 0.25) is 0 Å². The Balaban J connectivity index is 2.16. The van der Waals surface area contributed by atoms with E-state index >= 15 is 0 Å². The first-order valence-electron chi connectivity index (χ1n) is 6.53. The fourth-order valence-electron chi connectivity index (χ4n) is 2.69. The van der Waals surface area contributed by atoms with Crippen LogP contribution in [0.5, 0.6) is 0 Å². The lowest BCUT2D eigenvalue weighted by atomic mass is 9.89. The molecule has 3 rings (SSSR count). The fraction of sp³-hybridized carbons (Fsp3) is 0.176. The summed E-state index contributed by atoms with van der Waals surface area (Å²) in [6.45, 7) is 3.77. The predicted octanol–water partition coefficient (Wildman–Crippen LogP) is 4.46. The average molecular weight is 267 g/mol. The van der Waals surface area contributed by atoms with Crippen LogP contribution in [0.1, 0.15) is 23.1 Å². The van der Waals surface area contributed by atoms with E-state index in [2.05, 4.69) is 49.1 Å². The summed E-state index contributed by atoms with van der Waals surface area (Å²) in [4.78, 5) is 0. The molecule has 0 radical (unpaired) electrons. The van der Waals surface area contributed by atoms with Gasteiger partial charge in [0.05, 0.1) is 5.03 Å². The Morgan fingerprint density at radius 1 is 1.32 bits per heavy atom. The number of hydrogen-bond acceptors (Lipinski definition) is 2. The van der Waals surface area contributed by atoms with Gasteiger partial charge in [-0.25, -0.2) is 0 Å². The molecule has 0 aliphatic heterocycles. The standard InChI is InChI=1S/C17H17NS/c1-12(18)19-11-14-10-13-6-2-3-7-15(13)17-9-5-4-8-16(14)17/h2-3,5-7,9-10H,1,4,8,11,18H2. The van der Waals surface area contributed by atoms with E-state index in [1.807, 2.05) is 0 Å². The highest BCUT2D eigenvalue weighted by Gasteiger charge is 2.13. The zero-order valence-electron chi connectivity index (χ0n) is 10.9. The Morgan fingerprint density at radius 3 is 3.00 bits per heavy atom. The maximum Gasteiger partial charge on any atom is 0.0585 e. The second-order valence-electron chi connectivity index (χ2n) is 4.85. The number of nitrogens with two attached hydrogens (primary N) is 1. The first-order chi connectivity index (χ1) is 9.25. The fourth-order valence-corrected chi connectivity index (χ4v) is 3.29. The number of benzene rings is 2. The summed E-state index contributed by atoms with van der Waals surface area (Å²) in [7, 11) is 0. The highest BCUT2D eigenvalue weighted by molar-refractivity contribution is 8.02. The normalized spacial score (nSPS) is 13.5. The Hall–Kier alpha value is -1.67. The zero-order chi connectivity index (χ0) is 13.2. The molecule has 2 heteroatoms. The average Bonchev–Trinajstić information content (AvgIpc) is 2.44. The first-order valence-corrected chi connectivity index (χ1v) is 7.51. The maximum absolute atomic E-state index is 5.68. The highest BCUT2D eigenvalue weighted by Crippen LogP contribution is 2.33. The van der Waals surface area contributed by atoms with Gasteiger partial charge in [-0.3, -0.25) is 0 Å². The third kappa shape index (κ3) is 2.41. The minimum atomic E-state index is 0.688. The zero-order valence-corrected chi connectivity index (χ0v) is 11.7. The summed E-state index contributed by atoms with van der Waals surface area (Å²) >= 11 is 1.62. The largest absolute Gasteiger partial charge is 0.394 e. The van der Waals surface area contributed by atoms with E-state index in [1.54, 1.807) is 11.8 Å². The number of thioether (sulfide) groups is 1. The van der Waals surface area contributed by atoms with Gasteiger partial charge in [0, 0.05) is 5.75 Å². The molecule has 0 unspecified atom stereocenters. The molecule has 19 heavy (non-hydrogen) atoms. The van der Waals surface area contributed by atoms with Crippen molar-refractivity contribution >= 4 is 28.6 Å². The molecule has 1 aliphatic rings. The van der Waals surface area contributed by atoms with Gasteiger partial charge < -0.3 is 5.73 Å². The lowest BCUT2D eigenvalue weighted by molar-refractivity contribution is 0.973. The molecule has 0 saturated heterocycles.